The summed E-state index contributed by atoms with van der Waals surface area (Å²) in [6.45, 7) is 5.03. The lowest BCUT2D eigenvalue weighted by Gasteiger charge is -2.13. The first kappa shape index (κ1) is 19.4. The van der Waals surface area contributed by atoms with Crippen LogP contribution in [0.5, 0.6) is 0 Å². The second-order valence-electron chi connectivity index (χ2n) is 6.89. The second kappa shape index (κ2) is 8.99. The predicted octanol–water partition coefficient (Wildman–Crippen LogP) is 3.10. The van der Waals surface area contributed by atoms with Crippen molar-refractivity contribution in [2.45, 2.75) is 26.3 Å². The van der Waals surface area contributed by atoms with E-state index in [1.807, 2.05) is 62.4 Å². The van der Waals surface area contributed by atoms with Gasteiger partial charge in [0.25, 0.3) is 0 Å². The highest BCUT2D eigenvalue weighted by Crippen LogP contribution is 2.15. The van der Waals surface area contributed by atoms with E-state index < -0.39 is 11.8 Å². The second-order valence-corrected chi connectivity index (χ2v) is 6.89. The van der Waals surface area contributed by atoms with Crippen LogP contribution in [0.1, 0.15) is 29.5 Å². The number of rotatable bonds is 6. The third kappa shape index (κ3) is 5.30. The Bertz CT molecular complexity index is 950. The molecule has 1 atom stereocenters. The van der Waals surface area contributed by atoms with E-state index in [1.54, 1.807) is 10.9 Å². The summed E-state index contributed by atoms with van der Waals surface area (Å²) in [7, 11) is 0. The highest BCUT2D eigenvalue weighted by atomic mass is 16.2. The molecule has 0 aliphatic heterocycles. The number of carbonyl (C=O) groups is 2. The SMILES string of the molecule is Cc1cccc([C@H](C)CNC(=O)C(=O)Nc2cnn(Cc3ccccc3)c2)c1. The molecule has 0 unspecified atom stereocenters. The van der Waals surface area contributed by atoms with E-state index in [0.29, 0.717) is 18.8 Å². The lowest BCUT2D eigenvalue weighted by molar-refractivity contribution is -0.136. The summed E-state index contributed by atoms with van der Waals surface area (Å²) in [4.78, 5) is 24.2. The van der Waals surface area contributed by atoms with Crippen LogP contribution in [0.2, 0.25) is 0 Å². The van der Waals surface area contributed by atoms with Crippen LogP contribution in [0.25, 0.3) is 0 Å². The number of hydrogen-bond donors (Lipinski definition) is 2. The van der Waals surface area contributed by atoms with Crippen molar-refractivity contribution in [2.24, 2.45) is 0 Å². The van der Waals surface area contributed by atoms with E-state index in [0.717, 1.165) is 11.1 Å². The Morgan fingerprint density at radius 2 is 1.86 bits per heavy atom. The lowest BCUT2D eigenvalue weighted by Crippen LogP contribution is -2.37. The minimum Gasteiger partial charge on any atom is -0.347 e. The Morgan fingerprint density at radius 1 is 1.07 bits per heavy atom. The third-order valence-electron chi connectivity index (χ3n) is 4.46. The average Bonchev–Trinajstić information content (AvgIpc) is 3.13. The zero-order valence-electron chi connectivity index (χ0n) is 16.1. The molecule has 0 saturated carbocycles. The van der Waals surface area contributed by atoms with Crippen LogP contribution in [-0.4, -0.2) is 28.1 Å². The van der Waals surface area contributed by atoms with Gasteiger partial charge in [-0.2, -0.15) is 5.10 Å². The molecule has 0 bridgehead atoms. The minimum atomic E-state index is -0.698. The maximum atomic E-state index is 12.1. The lowest BCUT2D eigenvalue weighted by atomic mass is 9.99. The van der Waals surface area contributed by atoms with Crippen LogP contribution in [0, 0.1) is 6.92 Å². The summed E-state index contributed by atoms with van der Waals surface area (Å²) < 4.78 is 1.71. The standard InChI is InChI=1S/C22H24N4O2/c1-16-7-6-10-19(11-16)17(2)12-23-21(27)22(28)25-20-13-24-26(15-20)14-18-8-4-3-5-9-18/h3-11,13,15,17H,12,14H2,1-2H3,(H,23,27)(H,25,28)/t17-/m1/s1. The van der Waals surface area contributed by atoms with Crippen molar-refractivity contribution in [3.63, 3.8) is 0 Å². The Hall–Kier alpha value is -3.41. The Balaban J connectivity index is 1.49. The monoisotopic (exact) mass is 376 g/mol. The van der Waals surface area contributed by atoms with E-state index in [-0.39, 0.29) is 5.92 Å². The number of aromatic nitrogens is 2. The van der Waals surface area contributed by atoms with Crippen molar-refractivity contribution in [3.05, 3.63) is 83.7 Å². The molecule has 0 radical (unpaired) electrons. The zero-order valence-corrected chi connectivity index (χ0v) is 16.1. The molecule has 0 spiro atoms. The zero-order chi connectivity index (χ0) is 19.9. The van der Waals surface area contributed by atoms with Crippen molar-refractivity contribution >= 4 is 17.5 Å². The summed E-state index contributed by atoms with van der Waals surface area (Å²) in [6, 6.07) is 18.0. The molecule has 144 valence electrons. The first-order valence-electron chi connectivity index (χ1n) is 9.23. The molecule has 6 nitrogen and oxygen atoms in total. The van der Waals surface area contributed by atoms with Crippen LogP contribution < -0.4 is 10.6 Å². The van der Waals surface area contributed by atoms with Gasteiger partial charge in [-0.25, -0.2) is 0 Å². The molecule has 0 saturated heterocycles. The molecule has 2 N–H and O–H groups in total. The van der Waals surface area contributed by atoms with Crippen LogP contribution in [-0.2, 0) is 16.1 Å². The van der Waals surface area contributed by atoms with Crippen LogP contribution in [0.15, 0.2) is 67.0 Å². The Labute approximate surface area is 164 Å². The van der Waals surface area contributed by atoms with Crippen LogP contribution in [0.4, 0.5) is 5.69 Å². The molecule has 0 aliphatic rings. The smallest absolute Gasteiger partial charge is 0.313 e. The van der Waals surface area contributed by atoms with Gasteiger partial charge in [0.2, 0.25) is 0 Å². The largest absolute Gasteiger partial charge is 0.347 e. The number of aryl methyl sites for hydroxylation is 1. The van der Waals surface area contributed by atoms with E-state index >= 15 is 0 Å². The number of carbonyl (C=O) groups excluding carboxylic acids is 2. The number of nitrogens with zero attached hydrogens (tertiary/aromatic N) is 2. The number of hydrogen-bond acceptors (Lipinski definition) is 3. The summed E-state index contributed by atoms with van der Waals surface area (Å²) in [5.41, 5.74) is 3.89. The molecule has 1 aromatic heterocycles. The first-order chi connectivity index (χ1) is 13.5. The topological polar surface area (TPSA) is 76.0 Å². The number of nitrogens with one attached hydrogen (secondary N) is 2. The normalized spacial score (nSPS) is 11.6. The summed E-state index contributed by atoms with van der Waals surface area (Å²) in [5, 5.41) is 9.49. The van der Waals surface area contributed by atoms with Crippen LogP contribution >= 0.6 is 0 Å². The van der Waals surface area contributed by atoms with E-state index in [9.17, 15) is 9.59 Å². The molecule has 2 aromatic carbocycles. The Morgan fingerprint density at radius 3 is 2.61 bits per heavy atom. The van der Waals surface area contributed by atoms with Gasteiger partial charge < -0.3 is 10.6 Å². The van der Waals surface area contributed by atoms with Crippen molar-refractivity contribution in [1.82, 2.24) is 15.1 Å². The summed E-state index contributed by atoms with van der Waals surface area (Å²) in [5.74, 6) is -1.24. The van der Waals surface area contributed by atoms with Gasteiger partial charge in [0.1, 0.15) is 0 Å². The van der Waals surface area contributed by atoms with Crippen molar-refractivity contribution < 1.29 is 9.59 Å². The highest BCUT2D eigenvalue weighted by Gasteiger charge is 2.16. The fraction of sp³-hybridized carbons (Fsp3) is 0.227. The molecule has 3 aromatic rings. The van der Waals surface area contributed by atoms with E-state index in [4.69, 9.17) is 0 Å². The maximum Gasteiger partial charge on any atom is 0.313 e. The van der Waals surface area contributed by atoms with Gasteiger partial charge in [0.05, 0.1) is 18.4 Å². The van der Waals surface area contributed by atoms with Crippen molar-refractivity contribution in [3.8, 4) is 0 Å². The number of anilines is 1. The van der Waals surface area contributed by atoms with Crippen molar-refractivity contribution in [1.29, 1.82) is 0 Å². The first-order valence-corrected chi connectivity index (χ1v) is 9.23. The molecular formula is C22H24N4O2. The maximum absolute atomic E-state index is 12.1. The number of amides is 2. The molecule has 2 amide bonds. The van der Waals surface area contributed by atoms with Gasteiger partial charge in [-0.1, -0.05) is 67.1 Å². The molecule has 0 aliphatic carbocycles. The fourth-order valence-corrected chi connectivity index (χ4v) is 2.89. The van der Waals surface area contributed by atoms with Gasteiger partial charge in [-0.05, 0) is 24.0 Å². The van der Waals surface area contributed by atoms with Crippen LogP contribution in [0.3, 0.4) is 0 Å². The van der Waals surface area contributed by atoms with Gasteiger partial charge >= 0.3 is 11.8 Å². The van der Waals surface area contributed by atoms with Crippen molar-refractivity contribution in [2.75, 3.05) is 11.9 Å². The van der Waals surface area contributed by atoms with Gasteiger partial charge in [0.15, 0.2) is 0 Å². The van der Waals surface area contributed by atoms with Gasteiger partial charge in [-0.15, -0.1) is 0 Å². The summed E-state index contributed by atoms with van der Waals surface area (Å²) in [6.07, 6.45) is 3.23. The van der Waals surface area contributed by atoms with Gasteiger partial charge in [0, 0.05) is 12.7 Å². The molecule has 28 heavy (non-hydrogen) atoms. The number of benzene rings is 2. The molecule has 1 heterocycles. The molecule has 0 fully saturated rings. The Kier molecular flexibility index (Phi) is 6.22. The van der Waals surface area contributed by atoms with Gasteiger partial charge in [-0.3, -0.25) is 14.3 Å². The van der Waals surface area contributed by atoms with E-state index in [1.165, 1.54) is 11.8 Å². The minimum absolute atomic E-state index is 0.116. The average molecular weight is 376 g/mol. The summed E-state index contributed by atoms with van der Waals surface area (Å²) >= 11 is 0. The molecule has 3 rings (SSSR count). The highest BCUT2D eigenvalue weighted by molar-refractivity contribution is 6.39. The third-order valence-corrected chi connectivity index (χ3v) is 4.46. The molecular weight excluding hydrogens is 352 g/mol. The van der Waals surface area contributed by atoms with E-state index in [2.05, 4.69) is 21.8 Å². The fourth-order valence-electron chi connectivity index (χ4n) is 2.89. The quantitative estimate of drug-likeness (QED) is 0.649. The molecule has 6 heteroatoms. The predicted molar refractivity (Wildman–Crippen MR) is 109 cm³/mol.